The van der Waals surface area contributed by atoms with Crippen LogP contribution >= 0.6 is 11.3 Å². The van der Waals surface area contributed by atoms with E-state index >= 15 is 0 Å². The Morgan fingerprint density at radius 1 is 1.19 bits per heavy atom. The Bertz CT molecular complexity index is 1880. The van der Waals surface area contributed by atoms with Crippen LogP contribution < -0.4 is 27.1 Å². The summed E-state index contributed by atoms with van der Waals surface area (Å²) in [7, 11) is 0. The Kier molecular flexibility index (Phi) is 7.24. The van der Waals surface area contributed by atoms with Crippen molar-refractivity contribution in [3.05, 3.63) is 64.0 Å². The molecule has 0 bridgehead atoms. The van der Waals surface area contributed by atoms with E-state index < -0.39 is 5.91 Å². The topological polar surface area (TPSA) is 181 Å². The van der Waals surface area contributed by atoms with Crippen molar-refractivity contribution in [1.29, 1.82) is 0 Å². The molecule has 13 nitrogen and oxygen atoms in total. The number of carbonyl (C=O) groups excluding carboxylic acids is 1. The van der Waals surface area contributed by atoms with Crippen molar-refractivity contribution in [3.63, 3.8) is 0 Å². The standard InChI is InChI=1S/C29H31N9O4S/c30-18-5-1-2-6-20(18)34-29-35-21(24(27(31)40)28-36-32-15-38(28)29)12-16-4-3-7-19(33-16)17-14-42-25-22(39)13-23(43-26(17)25)37-8-10-41-11-9-37/h3-4,7,13-15,18,20H,1-2,5-6,8-12,30H2,(H2,31,40)(H,34,35)/p+1/t18-,20+/m1/s1. The van der Waals surface area contributed by atoms with E-state index in [0.717, 1.165) is 54.0 Å². The highest BCUT2D eigenvalue weighted by Gasteiger charge is 2.28. The number of amides is 1. The third-order valence-electron chi connectivity index (χ3n) is 8.18. The average Bonchev–Trinajstić information content (AvgIpc) is 3.67. The molecule has 0 radical (unpaired) electrons. The van der Waals surface area contributed by atoms with Gasteiger partial charge in [-0.1, -0.05) is 12.5 Å². The third-order valence-corrected chi connectivity index (χ3v) is 9.38. The smallest absolute Gasteiger partial charge is 0.254 e. The first-order valence-corrected chi connectivity index (χ1v) is 15.2. The molecule has 6 heterocycles. The molecule has 7 rings (SSSR count). The highest BCUT2D eigenvalue weighted by Crippen LogP contribution is 2.35. The van der Waals surface area contributed by atoms with Crippen LogP contribution in [-0.2, 0) is 11.2 Å². The number of pyridine rings is 1. The Balaban J connectivity index is 1.26. The first-order valence-electron chi connectivity index (χ1n) is 14.4. The molecule has 1 aliphatic carbocycles. The molecule has 0 unspecified atom stereocenters. The summed E-state index contributed by atoms with van der Waals surface area (Å²) in [6.07, 6.45) is 7.63. The minimum atomic E-state index is -0.642. The van der Waals surface area contributed by atoms with E-state index in [2.05, 4.69) is 26.1 Å². The molecule has 5 aromatic rings. The molecule has 1 saturated heterocycles. The second-order valence-electron chi connectivity index (χ2n) is 11.0. The summed E-state index contributed by atoms with van der Waals surface area (Å²) in [5.74, 6) is -0.102. The van der Waals surface area contributed by atoms with Crippen LogP contribution in [0.2, 0.25) is 0 Å². The van der Waals surface area contributed by atoms with Gasteiger partial charge in [0.15, 0.2) is 11.2 Å². The van der Waals surface area contributed by atoms with E-state index in [1.165, 1.54) is 17.7 Å². The molecule has 1 amide bonds. The minimum Gasteiger partial charge on any atom is -0.459 e. The van der Waals surface area contributed by atoms with Gasteiger partial charge in [-0.05, 0) is 25.0 Å². The SMILES string of the molecule is NC(=O)c1c(Cc2cccc(-c3coc4c(=O)cc(N5CCOCC5)sc34)n2)nc(N[C@H]2CCCC[C@H]2[NH3+])n2cnnc12. The maximum atomic E-state index is 12.9. The molecule has 2 fully saturated rings. The zero-order valence-corrected chi connectivity index (χ0v) is 24.3. The normalized spacial score (nSPS) is 19.2. The molecule has 222 valence electrons. The lowest BCUT2D eigenvalue weighted by molar-refractivity contribution is -0.427. The number of morpholine rings is 1. The molecule has 43 heavy (non-hydrogen) atoms. The molecular weight excluding hydrogens is 570 g/mol. The molecular formula is C29H32N9O4S+. The predicted octanol–water partition coefficient (Wildman–Crippen LogP) is 1.85. The molecule has 2 atom stereocenters. The predicted molar refractivity (Wildman–Crippen MR) is 161 cm³/mol. The molecule has 2 aliphatic rings. The largest absolute Gasteiger partial charge is 0.459 e. The summed E-state index contributed by atoms with van der Waals surface area (Å²) in [6.45, 7) is 2.69. The van der Waals surface area contributed by atoms with E-state index in [-0.39, 0.29) is 29.5 Å². The van der Waals surface area contributed by atoms with Gasteiger partial charge in [-0.25, -0.2) is 4.98 Å². The van der Waals surface area contributed by atoms with Crippen LogP contribution in [0.5, 0.6) is 0 Å². The van der Waals surface area contributed by atoms with Gasteiger partial charge in [0.2, 0.25) is 11.4 Å². The van der Waals surface area contributed by atoms with Gasteiger partial charge < -0.3 is 30.8 Å². The lowest BCUT2D eigenvalue weighted by atomic mass is 9.91. The number of nitrogens with one attached hydrogen (secondary N) is 1. The monoisotopic (exact) mass is 602 g/mol. The van der Waals surface area contributed by atoms with E-state index in [4.69, 9.17) is 24.9 Å². The Hall–Kier alpha value is -4.40. The van der Waals surface area contributed by atoms with Crippen molar-refractivity contribution in [2.45, 2.75) is 44.2 Å². The van der Waals surface area contributed by atoms with Crippen LogP contribution in [0.1, 0.15) is 47.4 Å². The van der Waals surface area contributed by atoms with Crippen molar-refractivity contribution >= 4 is 44.1 Å². The maximum absolute atomic E-state index is 12.9. The quantitative estimate of drug-likeness (QED) is 0.249. The van der Waals surface area contributed by atoms with Gasteiger partial charge in [0, 0.05) is 37.7 Å². The number of hydrogen-bond acceptors (Lipinski definition) is 11. The van der Waals surface area contributed by atoms with Gasteiger partial charge in [-0.3, -0.25) is 19.0 Å². The summed E-state index contributed by atoms with van der Waals surface area (Å²) in [6, 6.07) is 7.64. The fraction of sp³-hybridized carbons (Fsp3) is 0.379. The number of quaternary nitrogens is 1. The van der Waals surface area contributed by atoms with Crippen molar-refractivity contribution in [3.8, 4) is 11.3 Å². The number of nitrogens with zero attached hydrogens (tertiary/aromatic N) is 6. The second-order valence-corrected chi connectivity index (χ2v) is 12.0. The Morgan fingerprint density at radius 2 is 2.02 bits per heavy atom. The van der Waals surface area contributed by atoms with E-state index in [1.807, 2.05) is 18.2 Å². The molecule has 5 aromatic heterocycles. The van der Waals surface area contributed by atoms with Crippen LogP contribution in [-0.4, -0.2) is 68.9 Å². The zero-order valence-electron chi connectivity index (χ0n) is 23.5. The summed E-state index contributed by atoms with van der Waals surface area (Å²) in [4.78, 5) is 37.5. The molecule has 1 saturated carbocycles. The van der Waals surface area contributed by atoms with Crippen LogP contribution in [0, 0.1) is 0 Å². The van der Waals surface area contributed by atoms with E-state index in [1.54, 1.807) is 16.7 Å². The summed E-state index contributed by atoms with van der Waals surface area (Å²) < 4.78 is 13.6. The number of hydrogen-bond donors (Lipinski definition) is 3. The van der Waals surface area contributed by atoms with Crippen molar-refractivity contribution in [2.24, 2.45) is 5.73 Å². The number of furan rings is 1. The molecule has 1 aliphatic heterocycles. The molecule has 14 heteroatoms. The second kappa shape index (κ2) is 11.4. The number of anilines is 2. The summed E-state index contributed by atoms with van der Waals surface area (Å²) in [5.41, 5.74) is 13.3. The van der Waals surface area contributed by atoms with Crippen molar-refractivity contribution in [1.82, 2.24) is 24.6 Å². The van der Waals surface area contributed by atoms with Gasteiger partial charge in [-0.2, -0.15) is 0 Å². The van der Waals surface area contributed by atoms with Gasteiger partial charge in [0.05, 0.1) is 45.9 Å². The number of primary amides is 1. The van der Waals surface area contributed by atoms with E-state index in [9.17, 15) is 9.59 Å². The third kappa shape index (κ3) is 5.21. The molecule has 0 aromatic carbocycles. The number of nitrogens with two attached hydrogens (primary N) is 1. The first-order chi connectivity index (χ1) is 21.0. The minimum absolute atomic E-state index is 0.143. The number of aromatic nitrogens is 5. The Morgan fingerprint density at radius 3 is 2.84 bits per heavy atom. The van der Waals surface area contributed by atoms with E-state index in [0.29, 0.717) is 47.5 Å². The molecule has 0 spiro atoms. The fourth-order valence-electron chi connectivity index (χ4n) is 5.92. The first kappa shape index (κ1) is 27.4. The van der Waals surface area contributed by atoms with Crippen LogP contribution in [0.4, 0.5) is 10.9 Å². The average molecular weight is 603 g/mol. The van der Waals surface area contributed by atoms with Crippen LogP contribution in [0.15, 0.2) is 46.1 Å². The number of carbonyl (C=O) groups is 1. The summed E-state index contributed by atoms with van der Waals surface area (Å²) in [5, 5.41) is 12.6. The Labute approximate surface area is 249 Å². The fourth-order valence-corrected chi connectivity index (χ4v) is 7.11. The van der Waals surface area contributed by atoms with Crippen LogP contribution in [0.3, 0.4) is 0 Å². The van der Waals surface area contributed by atoms with Gasteiger partial charge in [0.25, 0.3) is 5.91 Å². The van der Waals surface area contributed by atoms with Gasteiger partial charge in [-0.15, -0.1) is 21.5 Å². The molecule has 6 N–H and O–H groups in total. The van der Waals surface area contributed by atoms with Crippen molar-refractivity contribution in [2.75, 3.05) is 36.5 Å². The summed E-state index contributed by atoms with van der Waals surface area (Å²) >= 11 is 1.50. The van der Waals surface area contributed by atoms with Crippen LogP contribution in [0.25, 0.3) is 27.2 Å². The lowest BCUT2D eigenvalue weighted by Gasteiger charge is -2.27. The van der Waals surface area contributed by atoms with Crippen molar-refractivity contribution < 1.29 is 19.7 Å². The number of ether oxygens (including phenoxy) is 1. The number of rotatable bonds is 7. The lowest BCUT2D eigenvalue weighted by Crippen LogP contribution is -2.68. The highest BCUT2D eigenvalue weighted by molar-refractivity contribution is 7.22. The maximum Gasteiger partial charge on any atom is 0.254 e. The number of fused-ring (bicyclic) bond motifs is 2. The highest BCUT2D eigenvalue weighted by atomic mass is 32.1. The zero-order chi connectivity index (χ0) is 29.5. The van der Waals surface area contributed by atoms with Gasteiger partial charge in [0.1, 0.15) is 24.2 Å². The van der Waals surface area contributed by atoms with Gasteiger partial charge >= 0.3 is 0 Å².